The molecule has 7 nitrogen and oxygen atoms in total. The molecule has 2 N–H and O–H groups in total. The van der Waals surface area contributed by atoms with E-state index in [0.717, 1.165) is 35.6 Å². The molecule has 0 aliphatic carbocycles. The number of aliphatic carboxylic acids is 1. The Morgan fingerprint density at radius 1 is 1.15 bits per heavy atom. The first kappa shape index (κ1) is 25.4. The Morgan fingerprint density at radius 3 is 2.41 bits per heavy atom. The molecule has 3 unspecified atom stereocenters. The highest BCUT2D eigenvalue weighted by Crippen LogP contribution is 2.43. The van der Waals surface area contributed by atoms with E-state index < -0.39 is 5.97 Å². The van der Waals surface area contributed by atoms with E-state index >= 15 is 0 Å². The molecule has 34 heavy (non-hydrogen) atoms. The lowest BCUT2D eigenvalue weighted by atomic mass is 9.83. The molecule has 3 rings (SSSR count). The van der Waals surface area contributed by atoms with Crippen LogP contribution in [-0.4, -0.2) is 54.7 Å². The average Bonchev–Trinajstić information content (AvgIpc) is 3.17. The van der Waals surface area contributed by atoms with E-state index in [1.165, 1.54) is 4.90 Å². The third-order valence-corrected chi connectivity index (χ3v) is 6.85. The zero-order valence-corrected chi connectivity index (χ0v) is 20.7. The topological polar surface area (TPSA) is 88.1 Å². The van der Waals surface area contributed by atoms with E-state index in [4.69, 9.17) is 14.6 Å². The first-order valence-electron chi connectivity index (χ1n) is 12.0. The number of amides is 1. The molecule has 0 bridgehead atoms. The van der Waals surface area contributed by atoms with Gasteiger partial charge in [-0.15, -0.1) is 0 Å². The SMILES string of the molecule is CCC(CC)C(Nc1ccc(C(=O)N(C)CCC(=O)O)cc1)C1Oc2ccc(OC)cc2C1C. The fourth-order valence-electron chi connectivity index (χ4n) is 4.68. The van der Waals surface area contributed by atoms with E-state index in [9.17, 15) is 9.59 Å². The molecule has 1 heterocycles. The van der Waals surface area contributed by atoms with Gasteiger partial charge >= 0.3 is 5.97 Å². The summed E-state index contributed by atoms with van der Waals surface area (Å²) in [6, 6.07) is 13.4. The van der Waals surface area contributed by atoms with Crippen molar-refractivity contribution in [3.05, 3.63) is 53.6 Å². The quantitative estimate of drug-likeness (QED) is 0.481. The maximum absolute atomic E-state index is 12.6. The molecule has 2 aromatic rings. The van der Waals surface area contributed by atoms with Crippen molar-refractivity contribution in [2.75, 3.05) is 26.0 Å². The van der Waals surface area contributed by atoms with Gasteiger partial charge in [0.05, 0.1) is 19.6 Å². The molecule has 1 amide bonds. The van der Waals surface area contributed by atoms with E-state index in [1.54, 1.807) is 26.3 Å². The first-order chi connectivity index (χ1) is 16.3. The lowest BCUT2D eigenvalue weighted by Gasteiger charge is -2.34. The minimum atomic E-state index is -0.921. The maximum atomic E-state index is 12.6. The molecule has 1 aliphatic heterocycles. The van der Waals surface area contributed by atoms with Crippen LogP contribution in [0.2, 0.25) is 0 Å². The summed E-state index contributed by atoms with van der Waals surface area (Å²) in [5.41, 5.74) is 2.61. The molecule has 0 spiro atoms. The number of anilines is 1. The number of carbonyl (C=O) groups is 2. The fourth-order valence-corrected chi connectivity index (χ4v) is 4.68. The third kappa shape index (κ3) is 5.64. The summed E-state index contributed by atoms with van der Waals surface area (Å²) < 4.78 is 11.9. The summed E-state index contributed by atoms with van der Waals surface area (Å²) in [6.07, 6.45) is 1.93. The molecule has 0 fully saturated rings. The molecule has 184 valence electrons. The second-order valence-corrected chi connectivity index (χ2v) is 8.97. The predicted molar refractivity (Wildman–Crippen MR) is 133 cm³/mol. The monoisotopic (exact) mass is 468 g/mol. The van der Waals surface area contributed by atoms with Gasteiger partial charge in [-0.05, 0) is 48.4 Å². The van der Waals surface area contributed by atoms with E-state index in [0.29, 0.717) is 11.5 Å². The van der Waals surface area contributed by atoms with Crippen molar-refractivity contribution in [2.45, 2.75) is 58.1 Å². The van der Waals surface area contributed by atoms with Gasteiger partial charge in [0, 0.05) is 36.3 Å². The van der Waals surface area contributed by atoms with Crippen molar-refractivity contribution in [2.24, 2.45) is 5.92 Å². The van der Waals surface area contributed by atoms with Gasteiger partial charge in [0.2, 0.25) is 0 Å². The number of rotatable bonds is 11. The number of hydrogen-bond acceptors (Lipinski definition) is 5. The number of nitrogens with zero attached hydrogens (tertiary/aromatic N) is 1. The summed E-state index contributed by atoms with van der Waals surface area (Å²) in [6.45, 7) is 6.77. The van der Waals surface area contributed by atoms with Gasteiger partial charge in [-0.2, -0.15) is 0 Å². The second-order valence-electron chi connectivity index (χ2n) is 8.97. The number of nitrogens with one attached hydrogen (secondary N) is 1. The van der Waals surface area contributed by atoms with Gasteiger partial charge < -0.3 is 24.8 Å². The smallest absolute Gasteiger partial charge is 0.305 e. The van der Waals surface area contributed by atoms with E-state index in [2.05, 4.69) is 32.2 Å². The van der Waals surface area contributed by atoms with Crippen LogP contribution in [0.1, 0.15) is 61.9 Å². The summed E-state index contributed by atoms with van der Waals surface area (Å²) in [7, 11) is 3.29. The molecular formula is C27H36N2O5. The number of ether oxygens (including phenoxy) is 2. The van der Waals surface area contributed by atoms with Crippen LogP contribution in [-0.2, 0) is 4.79 Å². The Balaban J connectivity index is 1.77. The second kappa shape index (κ2) is 11.3. The zero-order chi connectivity index (χ0) is 24.8. The van der Waals surface area contributed by atoms with E-state index in [1.807, 2.05) is 24.3 Å². The van der Waals surface area contributed by atoms with E-state index in [-0.39, 0.29) is 36.9 Å². The Labute approximate surface area is 202 Å². The number of methoxy groups -OCH3 is 1. The minimum Gasteiger partial charge on any atom is -0.497 e. The Hall–Kier alpha value is -3.22. The van der Waals surface area contributed by atoms with Gasteiger partial charge in [0.1, 0.15) is 17.6 Å². The Bertz CT molecular complexity index is 987. The number of carboxylic acid groups (broad SMARTS) is 1. The van der Waals surface area contributed by atoms with Gasteiger partial charge in [0.25, 0.3) is 5.91 Å². The molecule has 0 radical (unpaired) electrons. The normalized spacial score (nSPS) is 17.6. The zero-order valence-electron chi connectivity index (χ0n) is 20.7. The highest BCUT2D eigenvalue weighted by atomic mass is 16.5. The van der Waals surface area contributed by atoms with Crippen LogP contribution >= 0.6 is 0 Å². The van der Waals surface area contributed by atoms with Crippen LogP contribution < -0.4 is 14.8 Å². The molecule has 3 atom stereocenters. The van der Waals surface area contributed by atoms with Crippen molar-refractivity contribution >= 4 is 17.6 Å². The average molecular weight is 469 g/mol. The molecule has 0 aromatic heterocycles. The molecule has 7 heteroatoms. The van der Waals surface area contributed by atoms with Crippen LogP contribution in [0.3, 0.4) is 0 Å². The summed E-state index contributed by atoms with van der Waals surface area (Å²) in [5.74, 6) is 1.23. The summed E-state index contributed by atoms with van der Waals surface area (Å²) >= 11 is 0. The van der Waals surface area contributed by atoms with Crippen LogP contribution in [0.15, 0.2) is 42.5 Å². The standard InChI is InChI=1S/C27H36N2O5/c1-6-18(7-2)25(26-17(3)22-16-21(33-5)12-13-23(22)34-26)28-20-10-8-19(9-11-20)27(32)29(4)15-14-24(30)31/h8-13,16-18,25-26,28H,6-7,14-15H2,1-5H3,(H,30,31). The third-order valence-electron chi connectivity index (χ3n) is 6.85. The number of carboxylic acids is 1. The minimum absolute atomic E-state index is 0.0320. The van der Waals surface area contributed by atoms with Gasteiger partial charge in [0.15, 0.2) is 0 Å². The maximum Gasteiger partial charge on any atom is 0.305 e. The lowest BCUT2D eigenvalue weighted by molar-refractivity contribution is -0.137. The van der Waals surface area contributed by atoms with Crippen molar-refractivity contribution in [1.29, 1.82) is 0 Å². The van der Waals surface area contributed by atoms with Gasteiger partial charge in [-0.3, -0.25) is 9.59 Å². The molecular weight excluding hydrogens is 432 g/mol. The van der Waals surface area contributed by atoms with Crippen molar-refractivity contribution < 1.29 is 24.2 Å². The first-order valence-corrected chi connectivity index (χ1v) is 12.0. The molecule has 0 saturated carbocycles. The summed E-state index contributed by atoms with van der Waals surface area (Å²) in [4.78, 5) is 24.8. The van der Waals surface area contributed by atoms with Gasteiger partial charge in [-0.25, -0.2) is 0 Å². The van der Waals surface area contributed by atoms with Crippen LogP contribution in [0.25, 0.3) is 0 Å². The molecule has 0 saturated heterocycles. The van der Waals surface area contributed by atoms with Crippen LogP contribution in [0.5, 0.6) is 11.5 Å². The Morgan fingerprint density at radius 2 is 1.82 bits per heavy atom. The van der Waals surface area contributed by atoms with Crippen molar-refractivity contribution in [3.63, 3.8) is 0 Å². The van der Waals surface area contributed by atoms with Crippen LogP contribution in [0, 0.1) is 5.92 Å². The number of fused-ring (bicyclic) bond motifs is 1. The Kier molecular flexibility index (Phi) is 8.42. The van der Waals surface area contributed by atoms with Crippen molar-refractivity contribution in [3.8, 4) is 11.5 Å². The summed E-state index contributed by atoms with van der Waals surface area (Å²) in [5, 5.41) is 12.5. The van der Waals surface area contributed by atoms with Crippen molar-refractivity contribution in [1.82, 2.24) is 4.90 Å². The lowest BCUT2D eigenvalue weighted by Crippen LogP contribution is -2.43. The van der Waals surface area contributed by atoms with Gasteiger partial charge in [-0.1, -0.05) is 33.6 Å². The molecule has 2 aromatic carbocycles. The predicted octanol–water partition coefficient (Wildman–Crippen LogP) is 5.02. The number of carbonyl (C=O) groups excluding carboxylic acids is 1. The largest absolute Gasteiger partial charge is 0.497 e. The number of benzene rings is 2. The molecule has 1 aliphatic rings. The highest BCUT2D eigenvalue weighted by molar-refractivity contribution is 5.94. The van der Waals surface area contributed by atoms with Crippen LogP contribution in [0.4, 0.5) is 5.69 Å². The highest BCUT2D eigenvalue weighted by Gasteiger charge is 2.40. The number of hydrogen-bond donors (Lipinski definition) is 2. The fraction of sp³-hybridized carbons (Fsp3) is 0.481.